The summed E-state index contributed by atoms with van der Waals surface area (Å²) in [6.45, 7) is 5.19. The smallest absolute Gasteiger partial charge is 0.0731 e. The summed E-state index contributed by atoms with van der Waals surface area (Å²) in [7, 11) is 0. The minimum atomic E-state index is 0.286. The first-order valence-electron chi connectivity index (χ1n) is 9.37. The van der Waals surface area contributed by atoms with E-state index in [1.165, 1.54) is 64.2 Å². The lowest BCUT2D eigenvalue weighted by Gasteiger charge is -2.55. The highest BCUT2D eigenvalue weighted by Gasteiger charge is 2.46. The Balaban J connectivity index is 1.70. The second-order valence-corrected chi connectivity index (χ2v) is 7.61. The van der Waals surface area contributed by atoms with Gasteiger partial charge in [-0.15, -0.1) is 0 Å². The standard InChI is InChI=1S/C18H34N2O/c1-2-5-15-8-10-18(14-19,11-9-15)20-12-13-21-17-7-4-3-6-16(17)20/h15-17H,2-14,19H2,1H3. The fourth-order valence-corrected chi connectivity index (χ4v) is 5.21. The Morgan fingerprint density at radius 3 is 2.62 bits per heavy atom. The number of nitrogens with zero attached hydrogens (tertiary/aromatic N) is 1. The third kappa shape index (κ3) is 3.16. The molecule has 2 unspecified atom stereocenters. The number of nitrogens with two attached hydrogens (primary N) is 1. The lowest BCUT2D eigenvalue weighted by atomic mass is 9.72. The van der Waals surface area contributed by atoms with E-state index in [0.717, 1.165) is 25.6 Å². The van der Waals surface area contributed by atoms with Gasteiger partial charge in [-0.3, -0.25) is 4.90 Å². The zero-order chi connectivity index (χ0) is 14.7. The molecule has 3 fully saturated rings. The summed E-state index contributed by atoms with van der Waals surface area (Å²) >= 11 is 0. The van der Waals surface area contributed by atoms with Crippen LogP contribution in [0.3, 0.4) is 0 Å². The third-order valence-electron chi connectivity index (χ3n) is 6.45. The summed E-state index contributed by atoms with van der Waals surface area (Å²) in [6, 6.07) is 0.652. The molecule has 2 aliphatic carbocycles. The van der Waals surface area contributed by atoms with Gasteiger partial charge in [-0.1, -0.05) is 32.6 Å². The molecule has 3 nitrogen and oxygen atoms in total. The first kappa shape index (κ1) is 15.8. The topological polar surface area (TPSA) is 38.5 Å². The van der Waals surface area contributed by atoms with E-state index in [-0.39, 0.29) is 5.54 Å². The van der Waals surface area contributed by atoms with E-state index in [4.69, 9.17) is 10.5 Å². The van der Waals surface area contributed by atoms with Gasteiger partial charge < -0.3 is 10.5 Å². The Morgan fingerprint density at radius 2 is 1.90 bits per heavy atom. The average Bonchev–Trinajstić information content (AvgIpc) is 2.56. The van der Waals surface area contributed by atoms with Crippen molar-refractivity contribution in [3.05, 3.63) is 0 Å². The van der Waals surface area contributed by atoms with Crippen LogP contribution in [0.5, 0.6) is 0 Å². The molecular formula is C18H34N2O. The highest BCUT2D eigenvalue weighted by atomic mass is 16.5. The predicted molar refractivity (Wildman–Crippen MR) is 87.4 cm³/mol. The number of hydrogen-bond donors (Lipinski definition) is 1. The van der Waals surface area contributed by atoms with E-state index in [9.17, 15) is 0 Å². The summed E-state index contributed by atoms with van der Waals surface area (Å²) in [6.07, 6.45) is 14.0. The van der Waals surface area contributed by atoms with E-state index < -0.39 is 0 Å². The first-order valence-corrected chi connectivity index (χ1v) is 9.37. The predicted octanol–water partition coefficient (Wildman–Crippen LogP) is 3.32. The van der Waals surface area contributed by atoms with Crippen LogP contribution in [0.15, 0.2) is 0 Å². The van der Waals surface area contributed by atoms with Gasteiger partial charge in [0, 0.05) is 24.7 Å². The molecule has 0 radical (unpaired) electrons. The van der Waals surface area contributed by atoms with Gasteiger partial charge in [0.05, 0.1) is 12.7 Å². The molecular weight excluding hydrogens is 260 g/mol. The molecule has 3 rings (SSSR count). The molecule has 3 aliphatic rings. The third-order valence-corrected chi connectivity index (χ3v) is 6.45. The lowest BCUT2D eigenvalue weighted by Crippen LogP contribution is -2.65. The maximum absolute atomic E-state index is 6.33. The van der Waals surface area contributed by atoms with Crippen molar-refractivity contribution in [3.8, 4) is 0 Å². The monoisotopic (exact) mass is 294 g/mol. The molecule has 0 bridgehead atoms. The molecule has 3 heteroatoms. The molecule has 1 heterocycles. The molecule has 0 aromatic carbocycles. The van der Waals surface area contributed by atoms with Gasteiger partial charge in [0.2, 0.25) is 0 Å². The molecule has 0 amide bonds. The molecule has 2 N–H and O–H groups in total. The molecule has 0 aromatic rings. The largest absolute Gasteiger partial charge is 0.375 e. The Kier molecular flexibility index (Phi) is 5.23. The normalized spacial score (nSPS) is 41.7. The Bertz CT molecular complexity index is 323. The zero-order valence-electron chi connectivity index (χ0n) is 13.9. The van der Waals surface area contributed by atoms with Crippen molar-refractivity contribution >= 4 is 0 Å². The summed E-state index contributed by atoms with van der Waals surface area (Å²) in [5.74, 6) is 0.956. The number of ether oxygens (including phenoxy) is 1. The maximum Gasteiger partial charge on any atom is 0.0731 e. The van der Waals surface area contributed by atoms with Gasteiger partial charge in [0.25, 0.3) is 0 Å². The second-order valence-electron chi connectivity index (χ2n) is 7.61. The fraction of sp³-hybridized carbons (Fsp3) is 1.00. The molecule has 1 saturated heterocycles. The minimum Gasteiger partial charge on any atom is -0.375 e. The van der Waals surface area contributed by atoms with Crippen molar-refractivity contribution < 1.29 is 4.74 Å². The fourth-order valence-electron chi connectivity index (χ4n) is 5.21. The molecule has 2 atom stereocenters. The van der Waals surface area contributed by atoms with E-state index >= 15 is 0 Å². The summed E-state index contributed by atoms with van der Waals surface area (Å²) in [5, 5.41) is 0. The van der Waals surface area contributed by atoms with E-state index in [1.54, 1.807) is 0 Å². The van der Waals surface area contributed by atoms with Crippen molar-refractivity contribution in [2.45, 2.75) is 88.8 Å². The average molecular weight is 294 g/mol. The van der Waals surface area contributed by atoms with Crippen molar-refractivity contribution in [1.29, 1.82) is 0 Å². The Morgan fingerprint density at radius 1 is 1.14 bits per heavy atom. The van der Waals surface area contributed by atoms with Crippen LogP contribution >= 0.6 is 0 Å². The number of hydrogen-bond acceptors (Lipinski definition) is 3. The van der Waals surface area contributed by atoms with Crippen molar-refractivity contribution in [1.82, 2.24) is 4.90 Å². The quantitative estimate of drug-likeness (QED) is 0.864. The van der Waals surface area contributed by atoms with Crippen LogP contribution < -0.4 is 5.73 Å². The van der Waals surface area contributed by atoms with E-state index in [0.29, 0.717) is 12.1 Å². The molecule has 0 spiro atoms. The summed E-state index contributed by atoms with van der Waals surface area (Å²) in [4.78, 5) is 2.81. The first-order chi connectivity index (χ1) is 10.3. The molecule has 2 saturated carbocycles. The van der Waals surface area contributed by atoms with Crippen molar-refractivity contribution in [3.63, 3.8) is 0 Å². The van der Waals surface area contributed by atoms with Crippen LogP contribution in [-0.2, 0) is 4.74 Å². The second kappa shape index (κ2) is 6.97. The van der Waals surface area contributed by atoms with Gasteiger partial charge in [0.1, 0.15) is 0 Å². The lowest BCUT2D eigenvalue weighted by molar-refractivity contribution is -0.134. The van der Waals surface area contributed by atoms with E-state index in [2.05, 4.69) is 11.8 Å². The summed E-state index contributed by atoms with van der Waals surface area (Å²) in [5.41, 5.74) is 6.61. The van der Waals surface area contributed by atoms with Crippen LogP contribution in [0, 0.1) is 5.92 Å². The Hall–Kier alpha value is -0.120. The van der Waals surface area contributed by atoms with E-state index in [1.807, 2.05) is 0 Å². The highest BCUT2D eigenvalue weighted by molar-refractivity contribution is 5.02. The van der Waals surface area contributed by atoms with Crippen LogP contribution in [0.25, 0.3) is 0 Å². The maximum atomic E-state index is 6.33. The van der Waals surface area contributed by atoms with Gasteiger partial charge in [-0.2, -0.15) is 0 Å². The molecule has 1 aliphatic heterocycles. The number of rotatable bonds is 4. The SMILES string of the molecule is CCCC1CCC(CN)(N2CCOC3CCCCC32)CC1. The number of morpholine rings is 1. The summed E-state index contributed by atoms with van der Waals surface area (Å²) < 4.78 is 6.07. The molecule has 21 heavy (non-hydrogen) atoms. The van der Waals surface area contributed by atoms with Gasteiger partial charge >= 0.3 is 0 Å². The van der Waals surface area contributed by atoms with Gasteiger partial charge in [-0.05, 0) is 44.4 Å². The van der Waals surface area contributed by atoms with Gasteiger partial charge in [-0.25, -0.2) is 0 Å². The highest BCUT2D eigenvalue weighted by Crippen LogP contribution is 2.42. The molecule has 122 valence electrons. The van der Waals surface area contributed by atoms with Crippen LogP contribution in [0.2, 0.25) is 0 Å². The minimum absolute atomic E-state index is 0.286. The van der Waals surface area contributed by atoms with Gasteiger partial charge in [0.15, 0.2) is 0 Å². The van der Waals surface area contributed by atoms with Crippen LogP contribution in [0.1, 0.15) is 71.1 Å². The number of fused-ring (bicyclic) bond motifs is 1. The molecule has 0 aromatic heterocycles. The zero-order valence-corrected chi connectivity index (χ0v) is 13.9. The van der Waals surface area contributed by atoms with Crippen molar-refractivity contribution in [2.75, 3.05) is 19.7 Å². The van der Waals surface area contributed by atoms with Crippen molar-refractivity contribution in [2.24, 2.45) is 11.7 Å². The van der Waals surface area contributed by atoms with Crippen LogP contribution in [0.4, 0.5) is 0 Å². The Labute approximate surface area is 130 Å². The van der Waals surface area contributed by atoms with Crippen LogP contribution in [-0.4, -0.2) is 42.3 Å².